The van der Waals surface area contributed by atoms with Gasteiger partial charge in [0.15, 0.2) is 0 Å². The van der Waals surface area contributed by atoms with Crippen LogP contribution in [0.1, 0.15) is 6.42 Å². The van der Waals surface area contributed by atoms with E-state index in [1.807, 2.05) is 6.07 Å². The summed E-state index contributed by atoms with van der Waals surface area (Å²) in [4.78, 5) is 31.1. The Balaban J connectivity index is 0.000000305. The van der Waals surface area contributed by atoms with Crippen molar-refractivity contribution >= 4 is 17.9 Å². The molecule has 1 atom stereocenters. The quantitative estimate of drug-likeness (QED) is 0.631. The molecule has 9 nitrogen and oxygen atoms in total. The summed E-state index contributed by atoms with van der Waals surface area (Å²) in [5.74, 6) is -3.99. The van der Waals surface area contributed by atoms with Crippen LogP contribution in [0.2, 0.25) is 0 Å². The zero-order valence-corrected chi connectivity index (χ0v) is 17.0. The molecular weight excluding hydrogens is 454 g/mol. The van der Waals surface area contributed by atoms with E-state index < -0.39 is 24.3 Å². The number of ether oxygens (including phenoxy) is 1. The fraction of sp³-hybridized carbons (Fsp3) is 0.647. The van der Waals surface area contributed by atoms with Crippen LogP contribution in [0.25, 0.3) is 0 Å². The zero-order valence-electron chi connectivity index (χ0n) is 17.0. The summed E-state index contributed by atoms with van der Waals surface area (Å²) < 4.78 is 68.8. The van der Waals surface area contributed by atoms with Gasteiger partial charge in [-0.05, 0) is 25.5 Å². The Morgan fingerprint density at radius 1 is 1.09 bits per heavy atom. The highest BCUT2D eigenvalue weighted by atomic mass is 19.4. The lowest BCUT2D eigenvalue weighted by molar-refractivity contribution is -0.193. The molecule has 2 fully saturated rings. The molecule has 2 aliphatic heterocycles. The van der Waals surface area contributed by atoms with Crippen molar-refractivity contribution < 1.29 is 50.9 Å². The average molecular weight is 476 g/mol. The number of likely N-dealkylation sites (N-methyl/N-ethyl adjacent to an activating group) is 1. The molecule has 1 unspecified atom stereocenters. The number of carboxylic acid groups (broad SMARTS) is 2. The Morgan fingerprint density at radius 3 is 1.91 bits per heavy atom. The number of anilines is 1. The molecule has 0 bridgehead atoms. The number of nitrogens with zero attached hydrogens (tertiary/aromatic N) is 4. The van der Waals surface area contributed by atoms with Crippen molar-refractivity contribution in [3.05, 3.63) is 18.5 Å². The molecule has 15 heteroatoms. The molecule has 1 aromatic heterocycles. The molecule has 2 saturated heterocycles. The third-order valence-electron chi connectivity index (χ3n) is 4.70. The van der Waals surface area contributed by atoms with E-state index in [0.29, 0.717) is 11.5 Å². The molecule has 1 spiro atoms. The Hall–Kier alpha value is -2.68. The molecule has 1 aromatic rings. The van der Waals surface area contributed by atoms with Gasteiger partial charge in [0.05, 0.1) is 12.1 Å². The second kappa shape index (κ2) is 10.8. The van der Waals surface area contributed by atoms with Gasteiger partial charge in [-0.1, -0.05) is 0 Å². The summed E-state index contributed by atoms with van der Waals surface area (Å²) in [5, 5.41) is 14.2. The molecule has 0 saturated carbocycles. The van der Waals surface area contributed by atoms with Gasteiger partial charge in [-0.15, -0.1) is 0 Å². The fourth-order valence-electron chi connectivity index (χ4n) is 3.32. The van der Waals surface area contributed by atoms with Gasteiger partial charge in [0, 0.05) is 39.1 Å². The second-order valence-electron chi connectivity index (χ2n) is 7.14. The number of likely N-dealkylation sites (tertiary alicyclic amines) is 1. The maximum absolute atomic E-state index is 10.6. The standard InChI is InChI=1S/C13H20N4O.2C2HF3O2/c1-16-7-11(8-18-2)6-13(16)9-17(10-13)12-14-4-3-5-15-12;2*3-2(4,5)1(6)7/h3-5,11H,6-10H2,1-2H3;2*(H,6,7). The number of rotatable bonds is 3. The number of hydrogen-bond donors (Lipinski definition) is 2. The van der Waals surface area contributed by atoms with Crippen molar-refractivity contribution in [1.82, 2.24) is 14.9 Å². The fourth-order valence-corrected chi connectivity index (χ4v) is 3.32. The number of aliphatic carboxylic acids is 2. The van der Waals surface area contributed by atoms with Crippen LogP contribution in [0.4, 0.5) is 32.3 Å². The number of halogens is 6. The van der Waals surface area contributed by atoms with Crippen molar-refractivity contribution in [2.24, 2.45) is 5.92 Å². The van der Waals surface area contributed by atoms with Crippen molar-refractivity contribution in [3.63, 3.8) is 0 Å². The third kappa shape index (κ3) is 7.78. The first-order valence-electron chi connectivity index (χ1n) is 8.95. The van der Waals surface area contributed by atoms with Crippen molar-refractivity contribution in [2.45, 2.75) is 24.3 Å². The van der Waals surface area contributed by atoms with Crippen molar-refractivity contribution in [2.75, 3.05) is 45.3 Å². The monoisotopic (exact) mass is 476 g/mol. The van der Waals surface area contributed by atoms with Crippen LogP contribution < -0.4 is 4.90 Å². The largest absolute Gasteiger partial charge is 0.490 e. The zero-order chi connectivity index (χ0) is 24.7. The topological polar surface area (TPSA) is 116 Å². The first kappa shape index (κ1) is 27.4. The molecule has 32 heavy (non-hydrogen) atoms. The maximum atomic E-state index is 10.6. The predicted molar refractivity (Wildman–Crippen MR) is 97.0 cm³/mol. The summed E-state index contributed by atoms with van der Waals surface area (Å²) in [6.07, 6.45) is -5.33. The summed E-state index contributed by atoms with van der Waals surface area (Å²) in [5.41, 5.74) is 0.322. The third-order valence-corrected chi connectivity index (χ3v) is 4.70. The Kier molecular flexibility index (Phi) is 9.20. The molecule has 2 N–H and O–H groups in total. The van der Waals surface area contributed by atoms with Crippen LogP contribution in [-0.4, -0.2) is 95.3 Å². The number of alkyl halides is 6. The van der Waals surface area contributed by atoms with Crippen LogP contribution in [0, 0.1) is 5.92 Å². The molecule has 0 radical (unpaired) electrons. The lowest BCUT2D eigenvalue weighted by Crippen LogP contribution is -2.67. The highest BCUT2D eigenvalue weighted by molar-refractivity contribution is 5.73. The molecule has 0 aromatic carbocycles. The van der Waals surface area contributed by atoms with Crippen molar-refractivity contribution in [3.8, 4) is 0 Å². The molecule has 0 amide bonds. The van der Waals surface area contributed by atoms with E-state index in [9.17, 15) is 26.3 Å². The van der Waals surface area contributed by atoms with E-state index in [1.165, 1.54) is 6.42 Å². The Labute approximate surface area is 178 Å². The lowest BCUT2D eigenvalue weighted by atomic mass is 9.85. The minimum absolute atomic E-state index is 0.322. The summed E-state index contributed by atoms with van der Waals surface area (Å²) in [7, 11) is 4.01. The number of carboxylic acids is 2. The summed E-state index contributed by atoms with van der Waals surface area (Å²) in [6.45, 7) is 4.08. The van der Waals surface area contributed by atoms with Gasteiger partial charge in [-0.25, -0.2) is 19.6 Å². The minimum atomic E-state index is -5.08. The second-order valence-corrected chi connectivity index (χ2v) is 7.14. The lowest BCUT2D eigenvalue weighted by Gasteiger charge is -2.51. The summed E-state index contributed by atoms with van der Waals surface area (Å²) in [6, 6.07) is 1.86. The van der Waals surface area contributed by atoms with Crippen LogP contribution in [0.5, 0.6) is 0 Å². The van der Waals surface area contributed by atoms with E-state index in [2.05, 4.69) is 26.8 Å². The van der Waals surface area contributed by atoms with E-state index in [1.54, 1.807) is 19.5 Å². The smallest absolute Gasteiger partial charge is 0.475 e. The van der Waals surface area contributed by atoms with E-state index in [4.69, 9.17) is 24.5 Å². The van der Waals surface area contributed by atoms with Gasteiger partial charge in [-0.3, -0.25) is 4.90 Å². The van der Waals surface area contributed by atoms with Crippen LogP contribution in [0.15, 0.2) is 18.5 Å². The first-order chi connectivity index (χ1) is 14.6. The predicted octanol–water partition coefficient (Wildman–Crippen LogP) is 1.90. The van der Waals surface area contributed by atoms with Gasteiger partial charge < -0.3 is 19.8 Å². The van der Waals surface area contributed by atoms with Gasteiger partial charge in [0.25, 0.3) is 0 Å². The highest BCUT2D eigenvalue weighted by Crippen LogP contribution is 2.40. The van der Waals surface area contributed by atoms with Crippen LogP contribution in [-0.2, 0) is 14.3 Å². The van der Waals surface area contributed by atoms with Gasteiger partial charge in [0.1, 0.15) is 0 Å². The molecule has 2 aliphatic rings. The van der Waals surface area contributed by atoms with Crippen LogP contribution in [0.3, 0.4) is 0 Å². The Morgan fingerprint density at radius 2 is 1.53 bits per heavy atom. The average Bonchev–Trinajstić information content (AvgIpc) is 2.97. The van der Waals surface area contributed by atoms with Gasteiger partial charge in [0.2, 0.25) is 5.95 Å². The van der Waals surface area contributed by atoms with Crippen molar-refractivity contribution in [1.29, 1.82) is 0 Å². The van der Waals surface area contributed by atoms with E-state index in [-0.39, 0.29) is 0 Å². The maximum Gasteiger partial charge on any atom is 0.490 e. The summed E-state index contributed by atoms with van der Waals surface area (Å²) >= 11 is 0. The highest BCUT2D eigenvalue weighted by Gasteiger charge is 2.52. The molecule has 182 valence electrons. The minimum Gasteiger partial charge on any atom is -0.475 e. The van der Waals surface area contributed by atoms with Crippen LogP contribution >= 0.6 is 0 Å². The molecular formula is C17H22F6N4O5. The Bertz CT molecular complexity index is 732. The number of hydrogen-bond acceptors (Lipinski definition) is 7. The molecule has 3 heterocycles. The van der Waals surface area contributed by atoms with E-state index in [0.717, 1.165) is 32.2 Å². The number of carbonyl (C=O) groups is 2. The number of methoxy groups -OCH3 is 1. The molecule has 0 aliphatic carbocycles. The van der Waals surface area contributed by atoms with Gasteiger partial charge in [-0.2, -0.15) is 26.3 Å². The van der Waals surface area contributed by atoms with E-state index >= 15 is 0 Å². The molecule has 3 rings (SSSR count). The normalized spacial score (nSPS) is 19.9. The SMILES string of the molecule is COCC1CN(C)C2(C1)CN(c1ncccn1)C2.O=C(O)C(F)(F)F.O=C(O)C(F)(F)F. The van der Waals surface area contributed by atoms with Gasteiger partial charge >= 0.3 is 24.3 Å². The first-order valence-corrected chi connectivity index (χ1v) is 8.95. The number of aromatic nitrogens is 2.